The van der Waals surface area contributed by atoms with Gasteiger partial charge >= 0.3 is 5.97 Å². The number of carbonyl (C=O) groups is 3. The van der Waals surface area contributed by atoms with Crippen LogP contribution in [0.1, 0.15) is 16.8 Å². The molecule has 1 saturated heterocycles. The molecule has 1 atom stereocenters. The van der Waals surface area contributed by atoms with Crippen LogP contribution in [0.25, 0.3) is 0 Å². The summed E-state index contributed by atoms with van der Waals surface area (Å²) in [6.45, 7) is 0.167. The van der Waals surface area contributed by atoms with E-state index < -0.39 is 17.8 Å². The molecule has 106 valence electrons. The van der Waals surface area contributed by atoms with E-state index in [9.17, 15) is 14.4 Å². The first-order valence-electron chi connectivity index (χ1n) is 5.92. The van der Waals surface area contributed by atoms with Crippen LogP contribution in [0.15, 0.2) is 22.7 Å². The molecule has 1 fully saturated rings. The maximum Gasteiger partial charge on any atom is 0.340 e. The third kappa shape index (κ3) is 2.53. The molecule has 0 bridgehead atoms. The maximum atomic E-state index is 12.1. The van der Waals surface area contributed by atoms with Gasteiger partial charge in [0.05, 0.1) is 24.3 Å². The number of primary amides is 1. The number of benzene rings is 1. The van der Waals surface area contributed by atoms with Gasteiger partial charge in [-0.2, -0.15) is 0 Å². The minimum absolute atomic E-state index is 0.0529. The smallest absolute Gasteiger partial charge is 0.340 e. The molecular formula is C13H13BrN2O4. The Labute approximate surface area is 124 Å². The van der Waals surface area contributed by atoms with Gasteiger partial charge < -0.3 is 15.4 Å². The molecular weight excluding hydrogens is 328 g/mol. The van der Waals surface area contributed by atoms with Crippen LogP contribution in [0, 0.1) is 5.92 Å². The van der Waals surface area contributed by atoms with E-state index in [-0.39, 0.29) is 24.4 Å². The van der Waals surface area contributed by atoms with Crippen molar-refractivity contribution in [2.45, 2.75) is 6.42 Å². The maximum absolute atomic E-state index is 12.1. The molecule has 1 aliphatic heterocycles. The first kappa shape index (κ1) is 14.5. The fourth-order valence-electron chi connectivity index (χ4n) is 2.18. The van der Waals surface area contributed by atoms with E-state index in [0.29, 0.717) is 10.2 Å². The van der Waals surface area contributed by atoms with Crippen LogP contribution in [0.5, 0.6) is 0 Å². The Morgan fingerprint density at radius 2 is 2.15 bits per heavy atom. The lowest BCUT2D eigenvalue weighted by molar-refractivity contribution is -0.123. The first-order valence-corrected chi connectivity index (χ1v) is 6.71. The van der Waals surface area contributed by atoms with E-state index in [2.05, 4.69) is 15.9 Å². The molecule has 2 N–H and O–H groups in total. The zero-order valence-corrected chi connectivity index (χ0v) is 12.3. The number of nitrogens with two attached hydrogens (primary N) is 1. The van der Waals surface area contributed by atoms with Crippen molar-refractivity contribution in [3.63, 3.8) is 0 Å². The summed E-state index contributed by atoms with van der Waals surface area (Å²) in [5, 5.41) is 0. The largest absolute Gasteiger partial charge is 0.465 e. The molecule has 2 rings (SSSR count). The fourth-order valence-corrected chi connectivity index (χ4v) is 2.76. The molecule has 1 aromatic carbocycles. The zero-order valence-electron chi connectivity index (χ0n) is 10.8. The van der Waals surface area contributed by atoms with Crippen molar-refractivity contribution in [1.82, 2.24) is 0 Å². The lowest BCUT2D eigenvalue weighted by Gasteiger charge is -2.20. The van der Waals surface area contributed by atoms with Gasteiger partial charge in [-0.25, -0.2) is 4.79 Å². The van der Waals surface area contributed by atoms with Crippen LogP contribution in [-0.2, 0) is 14.3 Å². The summed E-state index contributed by atoms with van der Waals surface area (Å²) in [5.41, 5.74) is 5.92. The zero-order chi connectivity index (χ0) is 14.9. The number of nitrogens with zero attached hydrogens (tertiary/aromatic N) is 1. The van der Waals surface area contributed by atoms with Crippen molar-refractivity contribution < 1.29 is 19.1 Å². The quantitative estimate of drug-likeness (QED) is 0.833. The molecule has 1 unspecified atom stereocenters. The summed E-state index contributed by atoms with van der Waals surface area (Å²) in [4.78, 5) is 36.5. The Bertz CT molecular complexity index is 588. The second kappa shape index (κ2) is 5.62. The molecule has 7 heteroatoms. The van der Waals surface area contributed by atoms with Crippen molar-refractivity contribution in [3.8, 4) is 0 Å². The lowest BCUT2D eigenvalue weighted by atomic mass is 10.1. The van der Waals surface area contributed by atoms with Crippen LogP contribution in [0.2, 0.25) is 0 Å². The van der Waals surface area contributed by atoms with Crippen molar-refractivity contribution in [2.24, 2.45) is 11.7 Å². The number of methoxy groups -OCH3 is 1. The van der Waals surface area contributed by atoms with Crippen LogP contribution in [-0.4, -0.2) is 31.4 Å². The van der Waals surface area contributed by atoms with Gasteiger partial charge in [0.25, 0.3) is 0 Å². The third-order valence-electron chi connectivity index (χ3n) is 3.19. The van der Waals surface area contributed by atoms with E-state index in [1.165, 1.54) is 12.0 Å². The van der Waals surface area contributed by atoms with Crippen LogP contribution < -0.4 is 10.6 Å². The highest BCUT2D eigenvalue weighted by Crippen LogP contribution is 2.35. The molecule has 2 amide bonds. The average molecular weight is 341 g/mol. The minimum Gasteiger partial charge on any atom is -0.465 e. The molecule has 1 heterocycles. The van der Waals surface area contributed by atoms with Gasteiger partial charge in [0.2, 0.25) is 11.8 Å². The fraction of sp³-hybridized carbons (Fsp3) is 0.308. The summed E-state index contributed by atoms with van der Waals surface area (Å²) in [6, 6.07) is 4.95. The van der Waals surface area contributed by atoms with Gasteiger partial charge in [0.1, 0.15) is 0 Å². The number of rotatable bonds is 3. The summed E-state index contributed by atoms with van der Waals surface area (Å²) in [6.07, 6.45) is 0.0529. The second-order valence-electron chi connectivity index (χ2n) is 4.44. The summed E-state index contributed by atoms with van der Waals surface area (Å²) >= 11 is 3.32. The Balaban J connectivity index is 2.45. The number of halogens is 1. The summed E-state index contributed by atoms with van der Waals surface area (Å²) in [5.74, 6) is -1.85. The molecule has 0 spiro atoms. The highest BCUT2D eigenvalue weighted by molar-refractivity contribution is 9.10. The van der Waals surface area contributed by atoms with Crippen LogP contribution >= 0.6 is 15.9 Å². The monoisotopic (exact) mass is 340 g/mol. The van der Waals surface area contributed by atoms with Crippen molar-refractivity contribution in [1.29, 1.82) is 0 Å². The van der Waals surface area contributed by atoms with Gasteiger partial charge in [-0.15, -0.1) is 0 Å². The topological polar surface area (TPSA) is 89.7 Å². The van der Waals surface area contributed by atoms with Gasteiger partial charge in [-0.3, -0.25) is 9.59 Å². The Morgan fingerprint density at radius 1 is 1.45 bits per heavy atom. The number of carbonyl (C=O) groups excluding carboxylic acids is 3. The number of para-hydroxylation sites is 1. The Kier molecular flexibility index (Phi) is 4.08. The molecule has 0 aromatic heterocycles. The first-order chi connectivity index (χ1) is 9.45. The van der Waals surface area contributed by atoms with Gasteiger partial charge in [-0.1, -0.05) is 6.07 Å². The highest BCUT2D eigenvalue weighted by atomic mass is 79.9. The van der Waals surface area contributed by atoms with Gasteiger partial charge in [0, 0.05) is 17.4 Å². The van der Waals surface area contributed by atoms with Gasteiger partial charge in [0.15, 0.2) is 0 Å². The molecule has 6 nitrogen and oxygen atoms in total. The molecule has 0 aliphatic carbocycles. The number of hydrogen-bond acceptors (Lipinski definition) is 4. The van der Waals surface area contributed by atoms with Crippen molar-refractivity contribution in [2.75, 3.05) is 18.6 Å². The lowest BCUT2D eigenvalue weighted by Crippen LogP contribution is -2.30. The average Bonchev–Trinajstić information content (AvgIpc) is 2.79. The van der Waals surface area contributed by atoms with E-state index in [1.54, 1.807) is 18.2 Å². The predicted molar refractivity (Wildman–Crippen MR) is 75.1 cm³/mol. The Hall–Kier alpha value is -1.89. The summed E-state index contributed by atoms with van der Waals surface area (Å²) in [7, 11) is 1.27. The number of ether oxygens (including phenoxy) is 1. The van der Waals surface area contributed by atoms with E-state index in [4.69, 9.17) is 10.5 Å². The minimum atomic E-state index is -0.545. The number of esters is 1. The number of anilines is 1. The molecule has 1 aromatic rings. The predicted octanol–water partition coefficient (Wildman–Crippen LogP) is 1.07. The summed E-state index contributed by atoms with van der Waals surface area (Å²) < 4.78 is 5.29. The SMILES string of the molecule is COC(=O)c1cccc(Br)c1N1CC(C(N)=O)CC1=O. The van der Waals surface area contributed by atoms with E-state index in [0.717, 1.165) is 0 Å². The van der Waals surface area contributed by atoms with Crippen molar-refractivity contribution in [3.05, 3.63) is 28.2 Å². The standard InChI is InChI=1S/C13H13BrN2O4/c1-20-13(19)8-3-2-4-9(14)11(8)16-6-7(12(15)18)5-10(16)17/h2-4,7H,5-6H2,1H3,(H2,15,18). The van der Waals surface area contributed by atoms with Crippen molar-refractivity contribution >= 4 is 39.4 Å². The Morgan fingerprint density at radius 3 is 2.70 bits per heavy atom. The van der Waals surface area contributed by atoms with E-state index >= 15 is 0 Å². The molecule has 0 saturated carbocycles. The van der Waals surface area contributed by atoms with Crippen LogP contribution in [0.4, 0.5) is 5.69 Å². The second-order valence-corrected chi connectivity index (χ2v) is 5.29. The number of amides is 2. The molecule has 1 aliphatic rings. The third-order valence-corrected chi connectivity index (χ3v) is 3.83. The number of hydrogen-bond donors (Lipinski definition) is 1. The van der Waals surface area contributed by atoms with E-state index in [1.807, 2.05) is 0 Å². The molecule has 20 heavy (non-hydrogen) atoms. The molecule has 0 radical (unpaired) electrons. The van der Waals surface area contributed by atoms with Gasteiger partial charge in [-0.05, 0) is 28.1 Å². The highest BCUT2D eigenvalue weighted by Gasteiger charge is 2.36. The van der Waals surface area contributed by atoms with Crippen LogP contribution in [0.3, 0.4) is 0 Å². The normalized spacial score (nSPS) is 18.2.